The lowest BCUT2D eigenvalue weighted by Gasteiger charge is -2.04. The van der Waals surface area contributed by atoms with Crippen LogP contribution in [-0.4, -0.2) is 23.8 Å². The first-order valence-electron chi connectivity index (χ1n) is 5.52. The Hall–Kier alpha value is -1.01. The number of carbonyl (C=O) groups excluding carboxylic acids is 1. The zero-order valence-electron chi connectivity index (χ0n) is 9.58. The molecule has 0 amide bonds. The van der Waals surface area contributed by atoms with E-state index in [4.69, 9.17) is 9.84 Å². The molecule has 0 aliphatic rings. The Kier molecular flexibility index (Phi) is 8.90. The fourth-order valence-corrected chi connectivity index (χ4v) is 0.973. The normalized spacial score (nSPS) is 11.4. The molecule has 0 saturated heterocycles. The van der Waals surface area contributed by atoms with E-state index in [1.165, 1.54) is 12.8 Å². The topological polar surface area (TPSA) is 46.5 Å². The number of aliphatic hydroxyl groups is 1. The van der Waals surface area contributed by atoms with Crippen molar-refractivity contribution in [2.45, 2.75) is 52.1 Å². The number of carbonyl (C=O) groups is 1. The largest absolute Gasteiger partial charge is 0.451 e. The van der Waals surface area contributed by atoms with Crippen LogP contribution in [0.2, 0.25) is 0 Å². The van der Waals surface area contributed by atoms with Crippen LogP contribution in [0.1, 0.15) is 46.0 Å². The highest BCUT2D eigenvalue weighted by molar-refractivity contribution is 5.74. The first-order chi connectivity index (χ1) is 7.22. The molecule has 86 valence electrons. The molecule has 0 heterocycles. The number of ether oxygens (including phenoxy) is 1. The van der Waals surface area contributed by atoms with Crippen molar-refractivity contribution >= 4 is 5.97 Å². The van der Waals surface area contributed by atoms with Crippen molar-refractivity contribution in [3.05, 3.63) is 0 Å². The highest BCUT2D eigenvalue weighted by atomic mass is 16.5. The van der Waals surface area contributed by atoms with Gasteiger partial charge in [0.15, 0.2) is 12.7 Å². The van der Waals surface area contributed by atoms with Gasteiger partial charge in [0.05, 0.1) is 0 Å². The molecule has 0 rings (SSSR count). The average molecular weight is 212 g/mol. The molecule has 1 atom stereocenters. The standard InChI is InChI=1S/C12H20O3/c1-3-5-6-7-8-9-10-15-12(14)11(13)4-2/h11,13H,3-7,10H2,1-2H3. The lowest BCUT2D eigenvalue weighted by Crippen LogP contribution is -2.22. The molecule has 0 aromatic carbocycles. The minimum Gasteiger partial charge on any atom is -0.451 e. The summed E-state index contributed by atoms with van der Waals surface area (Å²) in [6.07, 6.45) is 3.67. The van der Waals surface area contributed by atoms with E-state index in [-0.39, 0.29) is 6.61 Å². The molecule has 0 aromatic rings. The predicted octanol–water partition coefficient (Wildman–Crippen LogP) is 1.88. The van der Waals surface area contributed by atoms with Gasteiger partial charge in [-0.25, -0.2) is 4.79 Å². The lowest BCUT2D eigenvalue weighted by atomic mass is 10.2. The van der Waals surface area contributed by atoms with Crippen molar-refractivity contribution in [2.75, 3.05) is 6.61 Å². The van der Waals surface area contributed by atoms with E-state index in [0.29, 0.717) is 6.42 Å². The number of unbranched alkanes of at least 4 members (excludes halogenated alkanes) is 3. The van der Waals surface area contributed by atoms with E-state index in [2.05, 4.69) is 18.8 Å². The average Bonchev–Trinajstić information content (AvgIpc) is 2.26. The van der Waals surface area contributed by atoms with Crippen molar-refractivity contribution in [3.63, 3.8) is 0 Å². The van der Waals surface area contributed by atoms with Gasteiger partial charge in [0.1, 0.15) is 0 Å². The van der Waals surface area contributed by atoms with Crippen LogP contribution in [0.3, 0.4) is 0 Å². The summed E-state index contributed by atoms with van der Waals surface area (Å²) in [4.78, 5) is 11.0. The molecule has 1 unspecified atom stereocenters. The van der Waals surface area contributed by atoms with Crippen molar-refractivity contribution in [1.82, 2.24) is 0 Å². The van der Waals surface area contributed by atoms with Gasteiger partial charge in [-0.1, -0.05) is 38.5 Å². The van der Waals surface area contributed by atoms with Crippen LogP contribution >= 0.6 is 0 Å². The highest BCUT2D eigenvalue weighted by Gasteiger charge is 2.12. The number of rotatable bonds is 6. The van der Waals surface area contributed by atoms with Gasteiger partial charge in [-0.15, -0.1) is 0 Å². The minimum absolute atomic E-state index is 0.0853. The van der Waals surface area contributed by atoms with Gasteiger partial charge in [-0.3, -0.25) is 0 Å². The fourth-order valence-electron chi connectivity index (χ4n) is 0.973. The van der Waals surface area contributed by atoms with Crippen molar-refractivity contribution < 1.29 is 14.6 Å². The smallest absolute Gasteiger partial charge is 0.335 e. The van der Waals surface area contributed by atoms with Crippen LogP contribution < -0.4 is 0 Å². The number of esters is 1. The zero-order valence-corrected chi connectivity index (χ0v) is 9.58. The van der Waals surface area contributed by atoms with E-state index in [1.54, 1.807) is 6.92 Å². The first-order valence-corrected chi connectivity index (χ1v) is 5.52. The Labute approximate surface area is 91.8 Å². The van der Waals surface area contributed by atoms with E-state index >= 15 is 0 Å². The number of hydrogen-bond acceptors (Lipinski definition) is 3. The molecule has 0 aliphatic carbocycles. The maximum Gasteiger partial charge on any atom is 0.335 e. The van der Waals surface area contributed by atoms with Crippen LogP contribution in [0.4, 0.5) is 0 Å². The molecule has 3 nitrogen and oxygen atoms in total. The summed E-state index contributed by atoms with van der Waals surface area (Å²) in [6.45, 7) is 3.95. The quantitative estimate of drug-likeness (QED) is 0.415. The van der Waals surface area contributed by atoms with E-state index in [0.717, 1.165) is 12.8 Å². The van der Waals surface area contributed by atoms with Gasteiger partial charge in [0, 0.05) is 6.42 Å². The first kappa shape index (κ1) is 14.0. The SMILES string of the molecule is CCCCCC#CCOC(=O)C(O)CC. The van der Waals surface area contributed by atoms with Crippen LogP contribution in [0.5, 0.6) is 0 Å². The van der Waals surface area contributed by atoms with Gasteiger partial charge in [-0.2, -0.15) is 0 Å². The van der Waals surface area contributed by atoms with E-state index in [9.17, 15) is 4.79 Å². The molecular weight excluding hydrogens is 192 g/mol. The van der Waals surface area contributed by atoms with Crippen LogP contribution in [-0.2, 0) is 9.53 Å². The monoisotopic (exact) mass is 212 g/mol. The summed E-state index contributed by atoms with van der Waals surface area (Å²) >= 11 is 0. The second-order valence-electron chi connectivity index (χ2n) is 3.34. The van der Waals surface area contributed by atoms with E-state index < -0.39 is 12.1 Å². The van der Waals surface area contributed by atoms with Crippen molar-refractivity contribution in [1.29, 1.82) is 0 Å². The van der Waals surface area contributed by atoms with E-state index in [1.807, 2.05) is 0 Å². The molecule has 0 fully saturated rings. The molecule has 1 N–H and O–H groups in total. The summed E-state index contributed by atoms with van der Waals surface area (Å²) < 4.78 is 4.74. The third kappa shape index (κ3) is 8.02. The molecule has 0 saturated carbocycles. The Balaban J connectivity index is 3.47. The number of aliphatic hydroxyl groups excluding tert-OH is 1. The summed E-state index contributed by atoms with van der Waals surface area (Å²) in [5.74, 6) is 5.09. The molecular formula is C12H20O3. The van der Waals surface area contributed by atoms with Crippen LogP contribution in [0, 0.1) is 11.8 Å². The van der Waals surface area contributed by atoms with Crippen molar-refractivity contribution in [2.24, 2.45) is 0 Å². The molecule has 3 heteroatoms. The summed E-state index contributed by atoms with van der Waals surface area (Å²) in [7, 11) is 0. The lowest BCUT2D eigenvalue weighted by molar-refractivity contribution is -0.152. The van der Waals surface area contributed by atoms with Gasteiger partial charge >= 0.3 is 5.97 Å². The van der Waals surface area contributed by atoms with Crippen LogP contribution in [0.15, 0.2) is 0 Å². The third-order valence-electron chi connectivity index (χ3n) is 1.98. The summed E-state index contributed by atoms with van der Waals surface area (Å²) in [5.41, 5.74) is 0. The minimum atomic E-state index is -1.01. The second-order valence-corrected chi connectivity index (χ2v) is 3.34. The number of hydrogen-bond donors (Lipinski definition) is 1. The zero-order chi connectivity index (χ0) is 11.5. The Morgan fingerprint density at radius 2 is 2.07 bits per heavy atom. The Morgan fingerprint density at radius 3 is 2.67 bits per heavy atom. The van der Waals surface area contributed by atoms with Gasteiger partial charge < -0.3 is 9.84 Å². The summed E-state index contributed by atoms with van der Waals surface area (Å²) in [5, 5.41) is 9.08. The second kappa shape index (κ2) is 9.54. The maximum absolute atomic E-state index is 11.0. The molecule has 15 heavy (non-hydrogen) atoms. The molecule has 0 bridgehead atoms. The van der Waals surface area contributed by atoms with Gasteiger partial charge in [0.25, 0.3) is 0 Å². The molecule has 0 radical (unpaired) electrons. The molecule has 0 aromatic heterocycles. The third-order valence-corrected chi connectivity index (χ3v) is 1.98. The Bertz CT molecular complexity index is 225. The predicted molar refractivity (Wildman–Crippen MR) is 59.2 cm³/mol. The molecule has 0 aliphatic heterocycles. The highest BCUT2D eigenvalue weighted by Crippen LogP contribution is 1.97. The Morgan fingerprint density at radius 1 is 1.33 bits per heavy atom. The molecule has 0 spiro atoms. The van der Waals surface area contributed by atoms with Gasteiger partial charge in [-0.05, 0) is 12.8 Å². The fraction of sp³-hybridized carbons (Fsp3) is 0.750. The maximum atomic E-state index is 11.0. The summed E-state index contributed by atoms with van der Waals surface area (Å²) in [6, 6.07) is 0. The van der Waals surface area contributed by atoms with Crippen molar-refractivity contribution in [3.8, 4) is 11.8 Å². The van der Waals surface area contributed by atoms with Gasteiger partial charge in [0.2, 0.25) is 0 Å². The van der Waals surface area contributed by atoms with Crippen LogP contribution in [0.25, 0.3) is 0 Å².